The summed E-state index contributed by atoms with van der Waals surface area (Å²) in [5.74, 6) is -1.97. The highest BCUT2D eigenvalue weighted by atomic mass is 32.1. The number of carbonyl (C=O) groups is 1. The highest BCUT2D eigenvalue weighted by Crippen LogP contribution is 2.28. The third kappa shape index (κ3) is 1.88. The van der Waals surface area contributed by atoms with Gasteiger partial charge in [0.1, 0.15) is 17.3 Å². The average Bonchev–Trinajstić information content (AvgIpc) is 2.89. The Kier molecular flexibility index (Phi) is 2.56. The van der Waals surface area contributed by atoms with Gasteiger partial charge in [0.2, 0.25) is 0 Å². The van der Waals surface area contributed by atoms with Crippen LogP contribution in [0, 0.1) is 11.6 Å². The number of rotatable bonds is 2. The number of imidazole rings is 1. The lowest BCUT2D eigenvalue weighted by Crippen LogP contribution is -2.10. The van der Waals surface area contributed by atoms with Crippen LogP contribution in [-0.2, 0) is 0 Å². The molecular formula is C12H7F2N3OS. The number of carbonyl (C=O) groups excluding carboxylic acids is 1. The fourth-order valence-corrected chi connectivity index (χ4v) is 2.67. The van der Waals surface area contributed by atoms with Crippen molar-refractivity contribution in [3.63, 3.8) is 0 Å². The third-order valence-corrected chi connectivity index (χ3v) is 3.51. The first-order valence-corrected chi connectivity index (χ1v) is 6.16. The van der Waals surface area contributed by atoms with Crippen LogP contribution in [0.2, 0.25) is 0 Å². The van der Waals surface area contributed by atoms with Gasteiger partial charge in [-0.15, -0.1) is 11.3 Å². The Hall–Kier alpha value is -2.28. The van der Waals surface area contributed by atoms with Crippen LogP contribution in [0.1, 0.15) is 10.5 Å². The second-order valence-electron chi connectivity index (χ2n) is 3.89. The van der Waals surface area contributed by atoms with Crippen LogP contribution in [0.5, 0.6) is 0 Å². The number of amides is 1. The summed E-state index contributed by atoms with van der Waals surface area (Å²) >= 11 is 1.24. The summed E-state index contributed by atoms with van der Waals surface area (Å²) in [4.78, 5) is 15.6. The van der Waals surface area contributed by atoms with Gasteiger partial charge in [0, 0.05) is 23.2 Å². The van der Waals surface area contributed by atoms with Crippen LogP contribution >= 0.6 is 11.3 Å². The van der Waals surface area contributed by atoms with E-state index in [1.165, 1.54) is 29.7 Å². The van der Waals surface area contributed by atoms with Gasteiger partial charge in [0.25, 0.3) is 5.91 Å². The monoisotopic (exact) mass is 279 g/mol. The Morgan fingerprint density at radius 3 is 2.84 bits per heavy atom. The number of fused-ring (bicyclic) bond motifs is 1. The Morgan fingerprint density at radius 2 is 2.16 bits per heavy atom. The summed E-state index contributed by atoms with van der Waals surface area (Å²) in [7, 11) is 0. The molecule has 1 amide bonds. The van der Waals surface area contributed by atoms with Crippen LogP contribution in [-0.4, -0.2) is 15.3 Å². The smallest absolute Gasteiger partial charge is 0.268 e. The van der Waals surface area contributed by atoms with E-state index >= 15 is 0 Å². The molecule has 3 rings (SSSR count). The van der Waals surface area contributed by atoms with E-state index in [0.717, 1.165) is 6.07 Å². The lowest BCUT2D eigenvalue weighted by Gasteiger charge is -2.01. The van der Waals surface area contributed by atoms with Gasteiger partial charge in [-0.25, -0.2) is 13.8 Å². The maximum Gasteiger partial charge on any atom is 0.268 e. The molecule has 0 atom stereocenters. The molecule has 7 heteroatoms. The van der Waals surface area contributed by atoms with Gasteiger partial charge in [-0.2, -0.15) is 0 Å². The standard InChI is InChI=1S/C12H7F2N3OS/c13-6-1-2-7(8(14)3-6)10-5-19-12-16-9(11(15)18)4-17(10)12/h1-5H,(H2,15,18). The second-order valence-corrected chi connectivity index (χ2v) is 4.72. The van der Waals surface area contributed by atoms with Gasteiger partial charge >= 0.3 is 0 Å². The van der Waals surface area contributed by atoms with Crippen molar-refractivity contribution in [1.29, 1.82) is 0 Å². The molecule has 2 heterocycles. The number of halogens is 2. The minimum absolute atomic E-state index is 0.107. The number of hydrogen-bond acceptors (Lipinski definition) is 3. The van der Waals surface area contributed by atoms with E-state index in [9.17, 15) is 13.6 Å². The number of benzene rings is 1. The van der Waals surface area contributed by atoms with Crippen LogP contribution in [0.3, 0.4) is 0 Å². The number of nitrogens with two attached hydrogens (primary N) is 1. The predicted molar refractivity (Wildman–Crippen MR) is 66.9 cm³/mol. The van der Waals surface area contributed by atoms with Crippen molar-refractivity contribution >= 4 is 22.2 Å². The zero-order valence-corrected chi connectivity index (χ0v) is 10.2. The molecule has 2 N–H and O–H groups in total. The summed E-state index contributed by atoms with van der Waals surface area (Å²) in [6.45, 7) is 0. The van der Waals surface area contributed by atoms with E-state index in [1.54, 1.807) is 9.78 Å². The lowest BCUT2D eigenvalue weighted by molar-refractivity contribution is 0.0996. The maximum atomic E-state index is 13.7. The average molecular weight is 279 g/mol. The van der Waals surface area contributed by atoms with E-state index < -0.39 is 17.5 Å². The van der Waals surface area contributed by atoms with E-state index in [0.29, 0.717) is 10.7 Å². The van der Waals surface area contributed by atoms with E-state index in [2.05, 4.69) is 4.98 Å². The van der Waals surface area contributed by atoms with Gasteiger partial charge in [-0.05, 0) is 12.1 Å². The van der Waals surface area contributed by atoms with Gasteiger partial charge in [-0.1, -0.05) is 0 Å². The molecule has 0 spiro atoms. The van der Waals surface area contributed by atoms with Gasteiger partial charge in [-0.3, -0.25) is 9.20 Å². The molecule has 3 aromatic rings. The van der Waals surface area contributed by atoms with Crippen molar-refractivity contribution in [2.75, 3.05) is 0 Å². The summed E-state index contributed by atoms with van der Waals surface area (Å²) in [5, 5.41) is 1.68. The first-order chi connectivity index (χ1) is 9.06. The Balaban J connectivity index is 2.21. The molecule has 0 fully saturated rings. The summed E-state index contributed by atoms with van der Waals surface area (Å²) in [6, 6.07) is 3.33. The van der Waals surface area contributed by atoms with Gasteiger partial charge in [0.05, 0.1) is 5.69 Å². The van der Waals surface area contributed by atoms with Crippen molar-refractivity contribution in [2.24, 2.45) is 5.73 Å². The Morgan fingerprint density at radius 1 is 1.37 bits per heavy atom. The minimum atomic E-state index is -0.672. The molecule has 96 valence electrons. The molecule has 0 aliphatic heterocycles. The number of aromatic nitrogens is 2. The van der Waals surface area contributed by atoms with Crippen molar-refractivity contribution < 1.29 is 13.6 Å². The Bertz CT molecular complexity index is 793. The first-order valence-electron chi connectivity index (χ1n) is 5.28. The number of thiazole rings is 1. The van der Waals surface area contributed by atoms with Gasteiger partial charge < -0.3 is 5.73 Å². The molecule has 0 unspecified atom stereocenters. The molecule has 19 heavy (non-hydrogen) atoms. The molecule has 0 aliphatic rings. The minimum Gasteiger partial charge on any atom is -0.364 e. The quantitative estimate of drug-likeness (QED) is 0.783. The van der Waals surface area contributed by atoms with E-state index in [-0.39, 0.29) is 11.3 Å². The molecule has 0 aliphatic carbocycles. The summed E-state index contributed by atoms with van der Waals surface area (Å²) in [6.07, 6.45) is 1.44. The highest BCUT2D eigenvalue weighted by molar-refractivity contribution is 7.15. The highest BCUT2D eigenvalue weighted by Gasteiger charge is 2.15. The fourth-order valence-electron chi connectivity index (χ4n) is 1.79. The molecule has 0 radical (unpaired) electrons. The first kappa shape index (κ1) is 11.8. The largest absolute Gasteiger partial charge is 0.364 e. The van der Waals surface area contributed by atoms with E-state index in [4.69, 9.17) is 5.73 Å². The van der Waals surface area contributed by atoms with Crippen molar-refractivity contribution in [3.05, 3.63) is 47.1 Å². The van der Waals surface area contributed by atoms with Gasteiger partial charge in [0.15, 0.2) is 4.96 Å². The lowest BCUT2D eigenvalue weighted by atomic mass is 10.1. The topological polar surface area (TPSA) is 60.4 Å². The third-order valence-electron chi connectivity index (χ3n) is 2.67. The zero-order valence-electron chi connectivity index (χ0n) is 9.43. The number of primary amides is 1. The summed E-state index contributed by atoms with van der Waals surface area (Å²) in [5.41, 5.74) is 5.98. The molecule has 0 bridgehead atoms. The fraction of sp³-hybridized carbons (Fsp3) is 0. The van der Waals surface area contributed by atoms with Crippen molar-refractivity contribution in [2.45, 2.75) is 0 Å². The normalized spacial score (nSPS) is 11.1. The maximum absolute atomic E-state index is 13.7. The van der Waals surface area contributed by atoms with Crippen LogP contribution in [0.4, 0.5) is 8.78 Å². The number of hydrogen-bond donors (Lipinski definition) is 1. The molecule has 4 nitrogen and oxygen atoms in total. The molecular weight excluding hydrogens is 272 g/mol. The number of nitrogens with zero attached hydrogens (tertiary/aromatic N) is 2. The summed E-state index contributed by atoms with van der Waals surface area (Å²) < 4.78 is 28.2. The molecule has 1 aromatic carbocycles. The van der Waals surface area contributed by atoms with E-state index in [1.807, 2.05) is 0 Å². The molecule has 0 saturated heterocycles. The van der Waals surface area contributed by atoms with Crippen molar-refractivity contribution in [3.8, 4) is 11.3 Å². The van der Waals surface area contributed by atoms with Crippen LogP contribution in [0.15, 0.2) is 29.8 Å². The predicted octanol–water partition coefficient (Wildman–Crippen LogP) is 2.44. The SMILES string of the molecule is NC(=O)c1cn2c(-c3ccc(F)cc3F)csc2n1. The molecule has 0 saturated carbocycles. The Labute approximate surface area is 110 Å². The van der Waals surface area contributed by atoms with Crippen molar-refractivity contribution in [1.82, 2.24) is 9.38 Å². The van der Waals surface area contributed by atoms with Crippen LogP contribution < -0.4 is 5.73 Å². The zero-order chi connectivity index (χ0) is 13.6. The van der Waals surface area contributed by atoms with Crippen LogP contribution in [0.25, 0.3) is 16.2 Å². The molecule has 2 aromatic heterocycles. The second kappa shape index (κ2) is 4.13.